The summed E-state index contributed by atoms with van der Waals surface area (Å²) >= 11 is 0. The molecule has 10 nitrogen and oxygen atoms in total. The topological polar surface area (TPSA) is 156 Å². The molecule has 2 bridgehead atoms. The Morgan fingerprint density at radius 3 is 2.36 bits per heavy atom. The number of alkyl halides is 3. The van der Waals surface area contributed by atoms with Crippen molar-refractivity contribution in [1.29, 1.82) is 0 Å². The van der Waals surface area contributed by atoms with Crippen molar-refractivity contribution in [1.82, 2.24) is 4.72 Å². The van der Waals surface area contributed by atoms with E-state index in [2.05, 4.69) is 4.72 Å². The van der Waals surface area contributed by atoms with Gasteiger partial charge in [-0.05, 0) is 80.4 Å². The van der Waals surface area contributed by atoms with Crippen LogP contribution in [0.15, 0.2) is 29.2 Å². The molecule has 2 heterocycles. The van der Waals surface area contributed by atoms with Crippen molar-refractivity contribution in [2.75, 3.05) is 6.61 Å². The van der Waals surface area contributed by atoms with Crippen LogP contribution in [0.25, 0.3) is 0 Å². The van der Waals surface area contributed by atoms with Crippen molar-refractivity contribution in [2.45, 2.75) is 114 Å². The molecule has 274 valence electrons. The summed E-state index contributed by atoms with van der Waals surface area (Å²) in [4.78, 5) is 42.3. The summed E-state index contributed by atoms with van der Waals surface area (Å²) in [5, 5.41) is 24.3. The largest absolute Gasteiger partial charge is 0.450 e. The van der Waals surface area contributed by atoms with E-state index in [0.29, 0.717) is 25.3 Å². The summed E-state index contributed by atoms with van der Waals surface area (Å²) < 4.78 is 80.3. The lowest BCUT2D eigenvalue weighted by Crippen LogP contribution is -2.99. The van der Waals surface area contributed by atoms with Crippen LogP contribution in [-0.2, 0) is 40.1 Å². The van der Waals surface area contributed by atoms with Crippen LogP contribution in [0, 0.1) is 51.2 Å². The number of aliphatic hydroxyl groups excluding tert-OH is 1. The Morgan fingerprint density at radius 2 is 1.70 bits per heavy atom. The maximum absolute atomic E-state index is 15.0. The van der Waals surface area contributed by atoms with E-state index in [4.69, 9.17) is 9.47 Å². The Labute approximate surface area is 288 Å². The Morgan fingerprint density at radius 1 is 1.02 bits per heavy atom. The molecule has 1 aromatic rings. The summed E-state index contributed by atoms with van der Waals surface area (Å²) in [6.07, 6.45) is -3.27. The number of ether oxygens (including phenoxy) is 2. The second-order valence-electron chi connectivity index (χ2n) is 17.3. The van der Waals surface area contributed by atoms with Gasteiger partial charge in [0.2, 0.25) is 15.8 Å². The van der Waals surface area contributed by atoms with Crippen molar-refractivity contribution in [3.8, 4) is 0 Å². The Hall–Kier alpha value is -2.39. The van der Waals surface area contributed by atoms with E-state index in [0.717, 1.165) is 18.2 Å². The molecular formula is C36H44F3NO9S. The summed E-state index contributed by atoms with van der Waals surface area (Å²) in [5.74, 6) is -5.99. The van der Waals surface area contributed by atoms with Crippen molar-refractivity contribution < 1.29 is 55.7 Å². The van der Waals surface area contributed by atoms with E-state index < -0.39 is 107 Å². The van der Waals surface area contributed by atoms with Gasteiger partial charge in [-0.2, -0.15) is 13.2 Å². The molecule has 0 aromatic heterocycles. The second-order valence-corrected chi connectivity index (χ2v) is 19.1. The number of hydrogen-bond donors (Lipinski definition) is 3. The highest BCUT2D eigenvalue weighted by molar-refractivity contribution is 7.89. The zero-order valence-corrected chi connectivity index (χ0v) is 29.3. The molecule has 8 aliphatic rings. The minimum Gasteiger partial charge on any atom is -0.450 e. The average molecular weight is 724 g/mol. The number of ketones is 2. The lowest BCUT2D eigenvalue weighted by atomic mass is 9.18. The number of esters is 1. The number of Topliss-reactive ketones (excluding diaryl/α,β-unsaturated/α-hetero) is 2. The molecule has 14 heteroatoms. The highest BCUT2D eigenvalue weighted by Gasteiger charge is 2.99. The van der Waals surface area contributed by atoms with Gasteiger partial charge in [-0.15, -0.1) is 0 Å². The average Bonchev–Trinajstić information content (AvgIpc) is 3.05. The van der Waals surface area contributed by atoms with Crippen LogP contribution in [0.5, 0.6) is 0 Å². The van der Waals surface area contributed by atoms with Gasteiger partial charge in [-0.3, -0.25) is 14.4 Å². The SMILES string of the molecule is CC1(C)CCC(=O)C23COC(O)(C(O)C12)C12C(=O)C4(OC(=O)C5CCC(NS(=O)(=O)c6cccc(C(F)(F)F)c6)CC5)C1C(CCC32)C4(C)C. The summed E-state index contributed by atoms with van der Waals surface area (Å²) in [6.45, 7) is 7.67. The number of carbonyl (C=O) groups excluding carboxylic acids is 3. The highest BCUT2D eigenvalue weighted by atomic mass is 32.2. The highest BCUT2D eigenvalue weighted by Crippen LogP contribution is 2.87. The minimum absolute atomic E-state index is 0.0493. The first-order valence-corrected chi connectivity index (χ1v) is 19.2. The molecule has 8 fully saturated rings. The van der Waals surface area contributed by atoms with Gasteiger partial charge in [-0.25, -0.2) is 13.1 Å². The van der Waals surface area contributed by atoms with Gasteiger partial charge in [0, 0.05) is 29.7 Å². The van der Waals surface area contributed by atoms with Gasteiger partial charge in [0.15, 0.2) is 11.4 Å². The van der Waals surface area contributed by atoms with E-state index in [1.807, 2.05) is 27.7 Å². The number of carbonyl (C=O) groups is 3. The summed E-state index contributed by atoms with van der Waals surface area (Å²) in [6, 6.07) is 2.88. The van der Waals surface area contributed by atoms with E-state index in [1.54, 1.807) is 0 Å². The molecule has 6 saturated carbocycles. The molecule has 0 amide bonds. The molecule has 1 aromatic carbocycles. The predicted octanol–water partition coefficient (Wildman–Crippen LogP) is 4.16. The minimum atomic E-state index is -4.70. The summed E-state index contributed by atoms with van der Waals surface area (Å²) in [5.41, 5.74) is -6.66. The Bertz CT molecular complexity index is 1800. The molecule has 3 N–H and O–H groups in total. The number of nitrogens with one attached hydrogen (secondary N) is 1. The van der Waals surface area contributed by atoms with Crippen LogP contribution in [0.4, 0.5) is 13.2 Å². The molecule has 9 atom stereocenters. The van der Waals surface area contributed by atoms with E-state index in [9.17, 15) is 46.2 Å². The molecule has 2 aliphatic heterocycles. The first kappa shape index (κ1) is 34.7. The number of rotatable bonds is 5. The standard InChI is InChI=1S/C36H44F3NO9S/c1-30(2)15-14-24(41)32-17-48-35(45,27(42)26(30)32)33-23(32)13-12-22-25(33)34(29(33)44,31(22,3)4)49-28(43)18-8-10-20(11-9-18)40-50(46,47)21-7-5-6-19(16-21)36(37,38)39/h5-7,16,18,20,22-23,25-27,40,42,45H,8-15,17H2,1-4H3. The van der Waals surface area contributed by atoms with E-state index in [1.165, 1.54) is 0 Å². The fraction of sp³-hybridized carbons (Fsp3) is 0.750. The Balaban J connectivity index is 1.02. The maximum atomic E-state index is 15.0. The molecule has 50 heavy (non-hydrogen) atoms. The van der Waals surface area contributed by atoms with Crippen molar-refractivity contribution >= 4 is 27.6 Å². The number of fused-ring (bicyclic) bond motifs is 1. The van der Waals surface area contributed by atoms with Crippen LogP contribution in [0.1, 0.15) is 84.6 Å². The third-order valence-electron chi connectivity index (χ3n) is 14.7. The third kappa shape index (κ3) is 3.85. The van der Waals surface area contributed by atoms with Crippen LogP contribution in [0.2, 0.25) is 0 Å². The summed E-state index contributed by atoms with van der Waals surface area (Å²) in [7, 11) is -4.27. The van der Waals surface area contributed by atoms with Gasteiger partial charge in [-0.1, -0.05) is 33.8 Å². The number of benzene rings is 1. The van der Waals surface area contributed by atoms with Crippen molar-refractivity contribution in [3.05, 3.63) is 29.8 Å². The first-order valence-electron chi connectivity index (χ1n) is 17.7. The van der Waals surface area contributed by atoms with Crippen LogP contribution >= 0.6 is 0 Å². The van der Waals surface area contributed by atoms with Crippen LogP contribution in [0.3, 0.4) is 0 Å². The number of aliphatic hydroxyl groups is 2. The van der Waals surface area contributed by atoms with Crippen molar-refractivity contribution in [2.24, 2.45) is 51.2 Å². The smallest absolute Gasteiger partial charge is 0.416 e. The Kier molecular flexibility index (Phi) is 7.06. The van der Waals surface area contributed by atoms with Gasteiger partial charge in [0.25, 0.3) is 0 Å². The lowest BCUT2D eigenvalue weighted by Gasteiger charge is -2.87. The zero-order chi connectivity index (χ0) is 36.2. The monoisotopic (exact) mass is 723 g/mol. The quantitative estimate of drug-likeness (QED) is 0.380. The molecule has 6 aliphatic carbocycles. The zero-order valence-electron chi connectivity index (χ0n) is 28.5. The normalized spacial score (nSPS) is 45.3. The molecule has 2 spiro atoms. The molecule has 9 rings (SSSR count). The molecule has 2 saturated heterocycles. The van der Waals surface area contributed by atoms with Gasteiger partial charge < -0.3 is 19.7 Å². The number of halogens is 3. The lowest BCUT2D eigenvalue weighted by molar-refractivity contribution is -0.488. The number of hydrogen-bond acceptors (Lipinski definition) is 9. The van der Waals surface area contributed by atoms with Crippen LogP contribution < -0.4 is 4.72 Å². The maximum Gasteiger partial charge on any atom is 0.416 e. The third-order valence-corrected chi connectivity index (χ3v) is 16.3. The first-order chi connectivity index (χ1) is 23.1. The van der Waals surface area contributed by atoms with E-state index in [-0.39, 0.29) is 50.4 Å². The van der Waals surface area contributed by atoms with E-state index >= 15 is 0 Å². The number of sulfonamides is 1. The molecular weight excluding hydrogens is 679 g/mol. The van der Waals surface area contributed by atoms with Gasteiger partial charge in [0.1, 0.15) is 17.3 Å². The fourth-order valence-corrected chi connectivity index (χ4v) is 13.9. The fourth-order valence-electron chi connectivity index (χ4n) is 12.5. The molecule has 9 unspecified atom stereocenters. The van der Waals surface area contributed by atoms with Crippen LogP contribution in [-0.4, -0.2) is 66.3 Å². The second kappa shape index (κ2) is 10.2. The van der Waals surface area contributed by atoms with Gasteiger partial charge >= 0.3 is 12.1 Å². The van der Waals surface area contributed by atoms with Gasteiger partial charge in [0.05, 0.1) is 28.4 Å². The van der Waals surface area contributed by atoms with Crippen molar-refractivity contribution in [3.63, 3.8) is 0 Å². The predicted molar refractivity (Wildman–Crippen MR) is 168 cm³/mol. The molecule has 0 radical (unpaired) electrons.